The second kappa shape index (κ2) is 5.92. The van der Waals surface area contributed by atoms with Crippen LogP contribution >= 0.6 is 7.78 Å². The van der Waals surface area contributed by atoms with Crippen molar-refractivity contribution in [2.24, 2.45) is 0 Å². The second-order valence-electron chi connectivity index (χ2n) is 2.43. The maximum Gasteiger partial charge on any atom is 0.278 e. The van der Waals surface area contributed by atoms with Crippen molar-refractivity contribution in [1.29, 1.82) is 0 Å². The minimum atomic E-state index is -3.68. The van der Waals surface area contributed by atoms with Crippen LogP contribution in [0.1, 0.15) is 32.6 Å². The lowest BCUT2D eigenvalue weighted by Crippen LogP contribution is -1.89. The van der Waals surface area contributed by atoms with Gasteiger partial charge in [0.2, 0.25) is 0 Å². The lowest BCUT2D eigenvalue weighted by atomic mass is 10.2. The summed E-state index contributed by atoms with van der Waals surface area (Å²) in [6.07, 6.45) is 4.88. The predicted octanol–water partition coefficient (Wildman–Crippen LogP) is 2.05. The molecule has 0 saturated carbocycles. The third-order valence-corrected chi connectivity index (χ3v) is 3.94. The topological polar surface area (TPSA) is 54.4 Å². The van der Waals surface area contributed by atoms with E-state index in [4.69, 9.17) is 4.55 Å². The second-order valence-corrected chi connectivity index (χ2v) is 6.58. The molecule has 0 saturated heterocycles. The van der Waals surface area contributed by atoms with Crippen LogP contribution in [0.25, 0.3) is 0 Å². The van der Waals surface area contributed by atoms with Crippen LogP contribution in [0.2, 0.25) is 0 Å². The van der Waals surface area contributed by atoms with Crippen LogP contribution in [0, 0.1) is 0 Å². The van der Waals surface area contributed by atoms with E-state index in [1.165, 1.54) is 0 Å². The zero-order chi connectivity index (χ0) is 8.74. The van der Waals surface area contributed by atoms with Crippen molar-refractivity contribution in [3.63, 3.8) is 0 Å². The van der Waals surface area contributed by atoms with Gasteiger partial charge in [-0.3, -0.25) is 4.55 Å². The highest BCUT2D eigenvalue weighted by Crippen LogP contribution is 2.20. The molecule has 3 nitrogen and oxygen atoms in total. The molecule has 68 valence electrons. The molecule has 0 rings (SSSR count). The van der Waals surface area contributed by atoms with E-state index in [2.05, 4.69) is 6.92 Å². The Kier molecular flexibility index (Phi) is 6.11. The van der Waals surface area contributed by atoms with E-state index in [1.807, 2.05) is 0 Å². The maximum atomic E-state index is 10.2. The van der Waals surface area contributed by atoms with Crippen LogP contribution < -0.4 is 0 Å². The average molecular weight is 198 g/mol. The molecule has 0 spiro atoms. The number of rotatable bonds is 6. The summed E-state index contributed by atoms with van der Waals surface area (Å²) < 4.78 is 28.8. The van der Waals surface area contributed by atoms with Gasteiger partial charge in [0.1, 0.15) is 0 Å². The molecule has 0 aliphatic carbocycles. The summed E-state index contributed by atoms with van der Waals surface area (Å²) in [5, 5.41) is 0. The van der Waals surface area contributed by atoms with Gasteiger partial charge < -0.3 is 0 Å². The van der Waals surface area contributed by atoms with Gasteiger partial charge in [-0.2, -0.15) is 8.42 Å². The zero-order valence-electron chi connectivity index (χ0n) is 6.71. The standard InChI is InChI=1S/C6H15O3PS/c1-2-3-4-5-6-10-11(7,8)9/h10H,2-6H2,1H3,(H,7,8,9). The van der Waals surface area contributed by atoms with Gasteiger partial charge in [-0.1, -0.05) is 26.2 Å². The number of unbranched alkanes of at least 4 members (excludes halogenated alkanes) is 3. The Bertz CT molecular complexity index is 176. The van der Waals surface area contributed by atoms with Gasteiger partial charge in [-0.25, -0.2) is 0 Å². The molecule has 0 fully saturated rings. The Morgan fingerprint density at radius 3 is 2.36 bits per heavy atom. The summed E-state index contributed by atoms with van der Waals surface area (Å²) in [5.41, 5.74) is 0. The van der Waals surface area contributed by atoms with E-state index in [-0.39, 0.29) is 7.78 Å². The first kappa shape index (κ1) is 11.3. The Labute approximate surface area is 69.9 Å². The fourth-order valence-corrected chi connectivity index (χ4v) is 2.61. The Morgan fingerprint density at radius 1 is 1.27 bits per heavy atom. The highest BCUT2D eigenvalue weighted by atomic mass is 32.8. The van der Waals surface area contributed by atoms with Crippen molar-refractivity contribution in [3.8, 4) is 0 Å². The summed E-state index contributed by atoms with van der Waals surface area (Å²) in [7, 11) is -4.00. The first-order chi connectivity index (χ1) is 5.06. The third kappa shape index (κ3) is 10.3. The molecule has 0 heterocycles. The minimum absolute atomic E-state index is 0.319. The molecular formula is C6H15O3PS. The molecule has 0 aromatic rings. The first-order valence-corrected chi connectivity index (χ1v) is 7.15. The summed E-state index contributed by atoms with van der Waals surface area (Å²) in [4.78, 5) is 0. The molecule has 0 aromatic carbocycles. The molecule has 0 bridgehead atoms. The van der Waals surface area contributed by atoms with Crippen molar-refractivity contribution in [1.82, 2.24) is 0 Å². The summed E-state index contributed by atoms with van der Waals surface area (Å²) in [6.45, 7) is 2.10. The van der Waals surface area contributed by atoms with Gasteiger partial charge >= 0.3 is 0 Å². The first-order valence-electron chi connectivity index (χ1n) is 3.78. The Hall–Kier alpha value is 0.340. The fourth-order valence-electron chi connectivity index (χ4n) is 0.753. The van der Waals surface area contributed by atoms with Crippen LogP contribution in [-0.2, 0) is 9.74 Å². The SMILES string of the molecule is CCCCCCPS(=O)(=O)O. The smallest absolute Gasteiger partial charge is 0.278 e. The lowest BCUT2D eigenvalue weighted by Gasteiger charge is -1.96. The molecule has 1 N–H and O–H groups in total. The van der Waals surface area contributed by atoms with Gasteiger partial charge in [0, 0.05) is 7.78 Å². The van der Waals surface area contributed by atoms with E-state index in [1.54, 1.807) is 0 Å². The highest BCUT2D eigenvalue weighted by molar-refractivity contribution is 8.40. The van der Waals surface area contributed by atoms with Crippen molar-refractivity contribution >= 4 is 17.5 Å². The molecular weight excluding hydrogens is 183 g/mol. The van der Waals surface area contributed by atoms with E-state index in [0.29, 0.717) is 6.16 Å². The summed E-state index contributed by atoms with van der Waals surface area (Å²) in [6, 6.07) is 0. The predicted molar refractivity (Wildman–Crippen MR) is 48.9 cm³/mol. The molecule has 1 unspecified atom stereocenters. The third-order valence-electron chi connectivity index (χ3n) is 1.31. The summed E-state index contributed by atoms with van der Waals surface area (Å²) in [5.74, 6) is 0. The van der Waals surface area contributed by atoms with Crippen LogP contribution in [0.5, 0.6) is 0 Å². The van der Waals surface area contributed by atoms with Crippen LogP contribution in [0.4, 0.5) is 0 Å². The van der Waals surface area contributed by atoms with Crippen LogP contribution in [0.3, 0.4) is 0 Å². The van der Waals surface area contributed by atoms with E-state index in [0.717, 1.165) is 25.7 Å². The van der Waals surface area contributed by atoms with Crippen molar-refractivity contribution in [2.45, 2.75) is 32.6 Å². The molecule has 11 heavy (non-hydrogen) atoms. The Morgan fingerprint density at radius 2 is 1.91 bits per heavy atom. The molecule has 0 radical (unpaired) electrons. The molecule has 0 aliphatic rings. The van der Waals surface area contributed by atoms with Crippen LogP contribution in [-0.4, -0.2) is 19.1 Å². The fraction of sp³-hybridized carbons (Fsp3) is 1.00. The summed E-state index contributed by atoms with van der Waals surface area (Å²) >= 11 is 0. The van der Waals surface area contributed by atoms with Gasteiger partial charge in [0.15, 0.2) is 0 Å². The monoisotopic (exact) mass is 198 g/mol. The highest BCUT2D eigenvalue weighted by Gasteiger charge is 2.01. The quantitative estimate of drug-likeness (QED) is 0.403. The van der Waals surface area contributed by atoms with Gasteiger partial charge in [0.25, 0.3) is 9.74 Å². The zero-order valence-corrected chi connectivity index (χ0v) is 8.52. The largest absolute Gasteiger partial charge is 0.283 e. The van der Waals surface area contributed by atoms with Crippen LogP contribution in [0.15, 0.2) is 0 Å². The minimum Gasteiger partial charge on any atom is -0.283 e. The van der Waals surface area contributed by atoms with E-state index >= 15 is 0 Å². The van der Waals surface area contributed by atoms with E-state index < -0.39 is 9.74 Å². The number of hydrogen-bond acceptors (Lipinski definition) is 2. The van der Waals surface area contributed by atoms with Gasteiger partial charge in [0.05, 0.1) is 0 Å². The molecule has 0 aromatic heterocycles. The molecule has 5 heteroatoms. The maximum absolute atomic E-state index is 10.2. The van der Waals surface area contributed by atoms with Crippen molar-refractivity contribution < 1.29 is 13.0 Å². The van der Waals surface area contributed by atoms with Gasteiger partial charge in [-0.15, -0.1) is 0 Å². The average Bonchev–Trinajstić information content (AvgIpc) is 1.85. The lowest BCUT2D eigenvalue weighted by molar-refractivity contribution is 0.502. The normalized spacial score (nSPS) is 12.9. The van der Waals surface area contributed by atoms with Crippen molar-refractivity contribution in [2.75, 3.05) is 6.16 Å². The molecule has 0 aliphatic heterocycles. The Balaban J connectivity index is 3.16. The molecule has 0 amide bonds. The van der Waals surface area contributed by atoms with Gasteiger partial charge in [-0.05, 0) is 12.6 Å². The van der Waals surface area contributed by atoms with E-state index in [9.17, 15) is 8.42 Å². The molecule has 1 atom stereocenters. The number of hydrogen-bond donors (Lipinski definition) is 1. The van der Waals surface area contributed by atoms with Crippen molar-refractivity contribution in [3.05, 3.63) is 0 Å².